The monoisotopic (exact) mass is 313 g/mol. The van der Waals surface area contributed by atoms with Crippen LogP contribution in [0.5, 0.6) is 0 Å². The van der Waals surface area contributed by atoms with Gasteiger partial charge >= 0.3 is 7.12 Å². The molecular formula is C17H24BN3O2. The highest BCUT2D eigenvalue weighted by Gasteiger charge is 2.52. The van der Waals surface area contributed by atoms with Crippen LogP contribution in [0.2, 0.25) is 0 Å². The zero-order valence-corrected chi connectivity index (χ0v) is 14.4. The zero-order valence-electron chi connectivity index (χ0n) is 14.4. The molecule has 1 fully saturated rings. The van der Waals surface area contributed by atoms with Crippen molar-refractivity contribution in [3.8, 4) is 0 Å². The van der Waals surface area contributed by atoms with Gasteiger partial charge in [-0.2, -0.15) is 0 Å². The Bertz CT molecular complexity index is 720. The van der Waals surface area contributed by atoms with Crippen LogP contribution in [0.3, 0.4) is 0 Å². The van der Waals surface area contributed by atoms with Crippen LogP contribution in [0.25, 0.3) is 17.1 Å². The molecule has 1 saturated heterocycles. The lowest BCUT2D eigenvalue weighted by atomic mass is 9.77. The topological polar surface area (TPSA) is 59.2 Å². The summed E-state index contributed by atoms with van der Waals surface area (Å²) in [6.07, 6.45) is 5.85. The predicted molar refractivity (Wildman–Crippen MR) is 94.1 cm³/mol. The maximum absolute atomic E-state index is 6.19. The van der Waals surface area contributed by atoms with E-state index in [2.05, 4.69) is 49.1 Å². The molecule has 0 aliphatic carbocycles. The van der Waals surface area contributed by atoms with E-state index in [-0.39, 0.29) is 18.3 Å². The number of hydrogen-bond acceptors (Lipinski definition) is 4. The Morgan fingerprint density at radius 3 is 2.61 bits per heavy atom. The van der Waals surface area contributed by atoms with Crippen LogP contribution in [0.15, 0.2) is 30.0 Å². The molecule has 2 aromatic rings. The second-order valence-electron chi connectivity index (χ2n) is 6.98. The summed E-state index contributed by atoms with van der Waals surface area (Å²) in [5.74, 6) is 0. The molecule has 0 saturated carbocycles. The zero-order chi connectivity index (χ0) is 16.7. The van der Waals surface area contributed by atoms with Gasteiger partial charge in [0.05, 0.1) is 11.2 Å². The van der Waals surface area contributed by atoms with E-state index in [0.29, 0.717) is 6.54 Å². The van der Waals surface area contributed by atoms with E-state index in [1.807, 2.05) is 31.6 Å². The second-order valence-corrected chi connectivity index (χ2v) is 6.98. The quantitative estimate of drug-likeness (QED) is 0.852. The van der Waals surface area contributed by atoms with Crippen LogP contribution in [0, 0.1) is 0 Å². The average Bonchev–Trinajstić information content (AvgIpc) is 3.02. The van der Waals surface area contributed by atoms with E-state index >= 15 is 0 Å². The summed E-state index contributed by atoms with van der Waals surface area (Å²) in [7, 11) is 1.58. The number of nitrogens with one attached hydrogen (secondary N) is 2. The Hall–Kier alpha value is -1.63. The van der Waals surface area contributed by atoms with Crippen LogP contribution < -0.4 is 5.32 Å². The molecule has 3 rings (SSSR count). The van der Waals surface area contributed by atoms with Gasteiger partial charge in [-0.25, -0.2) is 4.98 Å². The van der Waals surface area contributed by atoms with Crippen LogP contribution in [-0.4, -0.2) is 41.9 Å². The summed E-state index contributed by atoms with van der Waals surface area (Å²) in [4.78, 5) is 7.48. The number of hydrogen-bond donors (Lipinski definition) is 2. The lowest BCUT2D eigenvalue weighted by molar-refractivity contribution is 0.00578. The van der Waals surface area contributed by atoms with E-state index in [1.54, 1.807) is 0 Å². The molecule has 0 spiro atoms. The second kappa shape index (κ2) is 5.78. The fourth-order valence-corrected chi connectivity index (χ4v) is 2.71. The smallest absolute Gasteiger partial charge is 0.400 e. The summed E-state index contributed by atoms with van der Waals surface area (Å²) in [6.45, 7) is 8.98. The van der Waals surface area contributed by atoms with Gasteiger partial charge in [0.1, 0.15) is 5.65 Å². The number of nitrogens with zero attached hydrogens (tertiary/aromatic N) is 1. The Morgan fingerprint density at radius 1 is 1.26 bits per heavy atom. The van der Waals surface area contributed by atoms with Crippen LogP contribution in [-0.2, 0) is 9.31 Å². The fourth-order valence-electron chi connectivity index (χ4n) is 2.71. The van der Waals surface area contributed by atoms with E-state index in [0.717, 1.165) is 22.1 Å². The molecule has 0 radical (unpaired) electrons. The van der Waals surface area contributed by atoms with Gasteiger partial charge in [-0.1, -0.05) is 6.08 Å². The number of H-pyrrole nitrogens is 1. The summed E-state index contributed by atoms with van der Waals surface area (Å²) < 4.78 is 12.4. The first kappa shape index (κ1) is 16.2. The highest BCUT2D eigenvalue weighted by atomic mass is 16.7. The van der Waals surface area contributed by atoms with Crippen LogP contribution >= 0.6 is 0 Å². The van der Waals surface area contributed by atoms with Gasteiger partial charge in [-0.15, -0.1) is 0 Å². The third-order valence-electron chi connectivity index (χ3n) is 4.77. The molecule has 6 heteroatoms. The number of rotatable bonds is 4. The highest BCUT2D eigenvalue weighted by molar-refractivity contribution is 6.56. The maximum Gasteiger partial charge on any atom is 0.491 e. The van der Waals surface area contributed by atoms with E-state index in [9.17, 15) is 0 Å². The lowest BCUT2D eigenvalue weighted by Crippen LogP contribution is -2.41. The number of aromatic amines is 1. The van der Waals surface area contributed by atoms with Crippen molar-refractivity contribution in [3.05, 3.63) is 35.6 Å². The van der Waals surface area contributed by atoms with Crippen molar-refractivity contribution in [2.45, 2.75) is 38.9 Å². The predicted octanol–water partition coefficient (Wildman–Crippen LogP) is 2.80. The van der Waals surface area contributed by atoms with Crippen LogP contribution in [0.4, 0.5) is 0 Å². The van der Waals surface area contributed by atoms with Crippen molar-refractivity contribution in [3.63, 3.8) is 0 Å². The Labute approximate surface area is 137 Å². The summed E-state index contributed by atoms with van der Waals surface area (Å²) in [5, 5.41) is 4.30. The van der Waals surface area contributed by atoms with Gasteiger partial charge in [-0.3, -0.25) is 0 Å². The molecule has 2 N–H and O–H groups in total. The summed E-state index contributed by atoms with van der Waals surface area (Å²) in [5.41, 5.74) is 2.38. The standard InChI is InChI=1S/C17H24BN3O2/c1-16(2)17(3,4)23-18(22-16)13(11-19-5)10-12-6-8-20-15-14(12)7-9-21-15/h6-10,19H,11H2,1-5H3,(H,20,21). The molecule has 1 aliphatic heterocycles. The molecule has 0 unspecified atom stereocenters. The first-order chi connectivity index (χ1) is 10.8. The molecule has 0 aromatic carbocycles. The van der Waals surface area contributed by atoms with Crippen molar-refractivity contribution >= 4 is 24.2 Å². The largest absolute Gasteiger partial charge is 0.491 e. The van der Waals surface area contributed by atoms with Crippen molar-refractivity contribution in [2.75, 3.05) is 13.6 Å². The number of aromatic nitrogens is 2. The first-order valence-corrected chi connectivity index (χ1v) is 7.97. The minimum atomic E-state index is -0.352. The maximum atomic E-state index is 6.19. The minimum absolute atomic E-state index is 0.341. The highest BCUT2D eigenvalue weighted by Crippen LogP contribution is 2.38. The van der Waals surface area contributed by atoms with Gasteiger partial charge < -0.3 is 19.6 Å². The van der Waals surface area contributed by atoms with E-state index in [1.165, 1.54) is 0 Å². The molecule has 3 heterocycles. The number of pyridine rings is 1. The molecule has 122 valence electrons. The Morgan fingerprint density at radius 2 is 1.96 bits per heavy atom. The summed E-state index contributed by atoms with van der Waals surface area (Å²) in [6, 6.07) is 4.05. The Kier molecular flexibility index (Phi) is 4.08. The average molecular weight is 313 g/mol. The molecule has 0 amide bonds. The van der Waals surface area contributed by atoms with Gasteiger partial charge in [0.25, 0.3) is 0 Å². The Balaban J connectivity index is 1.98. The molecular weight excluding hydrogens is 289 g/mol. The minimum Gasteiger partial charge on any atom is -0.400 e. The van der Waals surface area contributed by atoms with Crippen LogP contribution in [0.1, 0.15) is 33.3 Å². The van der Waals surface area contributed by atoms with Crippen molar-refractivity contribution in [2.24, 2.45) is 0 Å². The molecule has 2 aromatic heterocycles. The van der Waals surface area contributed by atoms with Gasteiger partial charge in [0.15, 0.2) is 0 Å². The SMILES string of the molecule is CNCC(=Cc1ccnc2[nH]ccc12)B1OC(C)(C)C(C)(C)O1. The van der Waals surface area contributed by atoms with E-state index in [4.69, 9.17) is 9.31 Å². The van der Waals surface area contributed by atoms with E-state index < -0.39 is 0 Å². The molecule has 5 nitrogen and oxygen atoms in total. The normalized spacial score (nSPS) is 20.4. The molecule has 23 heavy (non-hydrogen) atoms. The summed E-state index contributed by atoms with van der Waals surface area (Å²) >= 11 is 0. The molecule has 1 aliphatic rings. The number of fused-ring (bicyclic) bond motifs is 1. The third kappa shape index (κ3) is 2.94. The van der Waals surface area contributed by atoms with Crippen molar-refractivity contribution in [1.29, 1.82) is 0 Å². The lowest BCUT2D eigenvalue weighted by Gasteiger charge is -2.32. The molecule has 0 bridgehead atoms. The van der Waals surface area contributed by atoms with Crippen molar-refractivity contribution in [1.82, 2.24) is 15.3 Å². The van der Waals surface area contributed by atoms with Gasteiger partial charge in [0, 0.05) is 24.3 Å². The molecule has 0 atom stereocenters. The van der Waals surface area contributed by atoms with Gasteiger partial charge in [-0.05, 0) is 57.9 Å². The van der Waals surface area contributed by atoms with Gasteiger partial charge in [0.2, 0.25) is 0 Å². The third-order valence-corrected chi connectivity index (χ3v) is 4.77. The first-order valence-electron chi connectivity index (χ1n) is 7.97. The number of likely N-dealkylation sites (N-methyl/N-ethyl adjacent to an activating group) is 1. The van der Waals surface area contributed by atoms with Crippen molar-refractivity contribution < 1.29 is 9.31 Å². The fraction of sp³-hybridized carbons (Fsp3) is 0.471.